The third kappa shape index (κ3) is 2.84. The molecule has 0 fully saturated rings. The minimum absolute atomic E-state index is 0.0819. The van der Waals surface area contributed by atoms with Crippen molar-refractivity contribution >= 4 is 21.6 Å². The minimum atomic E-state index is -3.61. The van der Waals surface area contributed by atoms with E-state index in [0.717, 1.165) is 12.0 Å². The van der Waals surface area contributed by atoms with Crippen molar-refractivity contribution in [3.63, 3.8) is 0 Å². The molecule has 0 radical (unpaired) electrons. The Morgan fingerprint density at radius 3 is 2.80 bits per heavy atom. The van der Waals surface area contributed by atoms with Gasteiger partial charge < -0.3 is 10.6 Å². The molecule has 1 aliphatic heterocycles. The lowest BCUT2D eigenvalue weighted by atomic mass is 10.2. The molecule has 0 saturated carbocycles. The number of hydrogen-bond acceptors (Lipinski definition) is 4. The first-order valence-electron chi connectivity index (χ1n) is 6.48. The maximum Gasteiger partial charge on any atom is 0.240 e. The predicted octanol–water partition coefficient (Wildman–Crippen LogP) is 0.221. The van der Waals surface area contributed by atoms with Crippen LogP contribution in [0.2, 0.25) is 0 Å². The Labute approximate surface area is 119 Å². The van der Waals surface area contributed by atoms with E-state index in [4.69, 9.17) is 5.73 Å². The molecule has 0 unspecified atom stereocenters. The van der Waals surface area contributed by atoms with Crippen LogP contribution >= 0.6 is 0 Å². The smallest absolute Gasteiger partial charge is 0.240 e. The molecule has 1 aliphatic rings. The number of amides is 1. The van der Waals surface area contributed by atoms with Gasteiger partial charge in [-0.15, -0.1) is 0 Å². The molecule has 6 nitrogen and oxygen atoms in total. The van der Waals surface area contributed by atoms with Crippen molar-refractivity contribution in [1.82, 2.24) is 4.72 Å². The lowest BCUT2D eigenvalue weighted by Gasteiger charge is -2.17. The molecular formula is C13H19N3O3S. The van der Waals surface area contributed by atoms with Crippen molar-refractivity contribution in [2.45, 2.75) is 31.2 Å². The van der Waals surface area contributed by atoms with E-state index < -0.39 is 10.0 Å². The maximum absolute atomic E-state index is 12.2. The molecule has 0 saturated heterocycles. The van der Waals surface area contributed by atoms with E-state index in [-0.39, 0.29) is 23.4 Å². The van der Waals surface area contributed by atoms with E-state index in [1.807, 2.05) is 0 Å². The third-order valence-corrected chi connectivity index (χ3v) is 4.94. The van der Waals surface area contributed by atoms with Crippen LogP contribution in [-0.2, 0) is 21.2 Å². The van der Waals surface area contributed by atoms with Crippen molar-refractivity contribution in [1.29, 1.82) is 0 Å². The number of carbonyl (C=O) groups excluding carboxylic acids is 1. The van der Waals surface area contributed by atoms with Gasteiger partial charge in [0.2, 0.25) is 15.9 Å². The van der Waals surface area contributed by atoms with Crippen LogP contribution in [0, 0.1) is 0 Å². The normalized spacial score (nSPS) is 16.1. The number of sulfonamides is 1. The van der Waals surface area contributed by atoms with E-state index >= 15 is 0 Å². The van der Waals surface area contributed by atoms with Crippen LogP contribution in [0.25, 0.3) is 0 Å². The number of hydrogen-bond donors (Lipinski definition) is 2. The number of fused-ring (bicyclic) bond motifs is 1. The highest BCUT2D eigenvalue weighted by molar-refractivity contribution is 7.89. The minimum Gasteiger partial charge on any atom is -0.329 e. The number of anilines is 1. The average Bonchev–Trinajstić information content (AvgIpc) is 2.80. The maximum atomic E-state index is 12.2. The van der Waals surface area contributed by atoms with E-state index in [1.54, 1.807) is 30.0 Å². The fraction of sp³-hybridized carbons (Fsp3) is 0.462. The molecule has 1 atom stereocenters. The van der Waals surface area contributed by atoms with E-state index in [1.165, 1.54) is 6.92 Å². The standard InChI is InChI=1S/C13H19N3O3S/c1-9(8-14)15-20(18,19)12-4-3-11-5-6-16(10(2)17)13(11)7-12/h3-4,7,9,15H,5-6,8,14H2,1-2H3/t9-/m0/s1. The molecule has 110 valence electrons. The number of benzene rings is 1. The van der Waals surface area contributed by atoms with Crippen molar-refractivity contribution in [3.8, 4) is 0 Å². The molecule has 0 bridgehead atoms. The molecule has 1 amide bonds. The van der Waals surface area contributed by atoms with Gasteiger partial charge in [-0.3, -0.25) is 4.79 Å². The average molecular weight is 297 g/mol. The number of carbonyl (C=O) groups is 1. The van der Waals surface area contributed by atoms with Gasteiger partial charge in [0.25, 0.3) is 0 Å². The van der Waals surface area contributed by atoms with Gasteiger partial charge in [0.1, 0.15) is 0 Å². The van der Waals surface area contributed by atoms with Gasteiger partial charge in [-0.25, -0.2) is 13.1 Å². The third-order valence-electron chi connectivity index (χ3n) is 3.35. The lowest BCUT2D eigenvalue weighted by Crippen LogP contribution is -2.37. The highest BCUT2D eigenvalue weighted by Crippen LogP contribution is 2.30. The van der Waals surface area contributed by atoms with Crippen LogP contribution in [0.3, 0.4) is 0 Å². The van der Waals surface area contributed by atoms with Crippen LogP contribution in [0.15, 0.2) is 23.1 Å². The summed E-state index contributed by atoms with van der Waals surface area (Å²) in [7, 11) is -3.61. The molecule has 7 heteroatoms. The molecule has 2 rings (SSSR count). The van der Waals surface area contributed by atoms with Gasteiger partial charge in [-0.2, -0.15) is 0 Å². The fourth-order valence-electron chi connectivity index (χ4n) is 2.23. The van der Waals surface area contributed by atoms with Crippen molar-refractivity contribution in [2.75, 3.05) is 18.0 Å². The van der Waals surface area contributed by atoms with Crippen molar-refractivity contribution < 1.29 is 13.2 Å². The topological polar surface area (TPSA) is 92.5 Å². The molecule has 1 aromatic carbocycles. The molecule has 3 N–H and O–H groups in total. The molecule has 0 spiro atoms. The lowest BCUT2D eigenvalue weighted by molar-refractivity contribution is -0.116. The zero-order valence-corrected chi connectivity index (χ0v) is 12.4. The van der Waals surface area contributed by atoms with Crippen LogP contribution < -0.4 is 15.4 Å². The molecule has 0 aliphatic carbocycles. The van der Waals surface area contributed by atoms with Crippen LogP contribution in [0.5, 0.6) is 0 Å². The summed E-state index contributed by atoms with van der Waals surface area (Å²) < 4.78 is 26.9. The first-order chi connectivity index (χ1) is 9.35. The van der Waals surface area contributed by atoms with Gasteiger partial charge in [-0.05, 0) is 31.0 Å². The van der Waals surface area contributed by atoms with E-state index in [0.29, 0.717) is 12.2 Å². The first kappa shape index (κ1) is 15.0. The molecule has 1 heterocycles. The van der Waals surface area contributed by atoms with Crippen molar-refractivity contribution in [2.24, 2.45) is 5.73 Å². The Kier molecular flexibility index (Phi) is 4.12. The quantitative estimate of drug-likeness (QED) is 0.831. The monoisotopic (exact) mass is 297 g/mol. The molecule has 0 aromatic heterocycles. The van der Waals surface area contributed by atoms with Gasteiger partial charge in [0.05, 0.1) is 4.90 Å². The second-order valence-electron chi connectivity index (χ2n) is 4.97. The SMILES string of the molecule is CC(=O)N1CCc2ccc(S(=O)(=O)N[C@@H](C)CN)cc21. The summed E-state index contributed by atoms with van der Waals surface area (Å²) in [6, 6.07) is 4.54. The molecular weight excluding hydrogens is 278 g/mol. The van der Waals surface area contributed by atoms with Gasteiger partial charge in [0.15, 0.2) is 0 Å². The summed E-state index contributed by atoms with van der Waals surface area (Å²) in [5, 5.41) is 0. The van der Waals surface area contributed by atoms with Crippen LogP contribution in [0.1, 0.15) is 19.4 Å². The predicted molar refractivity (Wildman–Crippen MR) is 77.0 cm³/mol. The summed E-state index contributed by atoms with van der Waals surface area (Å²) in [4.78, 5) is 13.3. The second kappa shape index (κ2) is 5.51. The highest BCUT2D eigenvalue weighted by Gasteiger charge is 2.25. The molecule has 1 aromatic rings. The number of nitrogens with two attached hydrogens (primary N) is 1. The Bertz CT molecular complexity index is 628. The number of rotatable bonds is 4. The summed E-state index contributed by atoms with van der Waals surface area (Å²) >= 11 is 0. The van der Waals surface area contributed by atoms with Gasteiger partial charge in [0, 0.05) is 31.7 Å². The summed E-state index contributed by atoms with van der Waals surface area (Å²) in [6.45, 7) is 4.00. The Balaban J connectivity index is 2.36. The Hall–Kier alpha value is -1.44. The first-order valence-corrected chi connectivity index (χ1v) is 7.97. The van der Waals surface area contributed by atoms with Crippen LogP contribution in [-0.4, -0.2) is 33.5 Å². The summed E-state index contributed by atoms with van der Waals surface area (Å²) in [6.07, 6.45) is 0.752. The number of nitrogens with zero attached hydrogens (tertiary/aromatic N) is 1. The Morgan fingerprint density at radius 1 is 1.50 bits per heavy atom. The largest absolute Gasteiger partial charge is 0.329 e. The highest BCUT2D eigenvalue weighted by atomic mass is 32.2. The zero-order chi connectivity index (χ0) is 14.9. The van der Waals surface area contributed by atoms with Gasteiger partial charge in [-0.1, -0.05) is 6.07 Å². The molecule has 20 heavy (non-hydrogen) atoms. The number of nitrogens with one attached hydrogen (secondary N) is 1. The van der Waals surface area contributed by atoms with Crippen LogP contribution in [0.4, 0.5) is 5.69 Å². The summed E-state index contributed by atoms with van der Waals surface area (Å²) in [5.74, 6) is -0.0819. The van der Waals surface area contributed by atoms with Crippen molar-refractivity contribution in [3.05, 3.63) is 23.8 Å². The summed E-state index contributed by atoms with van der Waals surface area (Å²) in [5.41, 5.74) is 7.10. The fourth-order valence-corrected chi connectivity index (χ4v) is 3.51. The Morgan fingerprint density at radius 2 is 2.20 bits per heavy atom. The van der Waals surface area contributed by atoms with E-state index in [2.05, 4.69) is 4.72 Å². The van der Waals surface area contributed by atoms with E-state index in [9.17, 15) is 13.2 Å². The zero-order valence-electron chi connectivity index (χ0n) is 11.6. The van der Waals surface area contributed by atoms with Gasteiger partial charge >= 0.3 is 0 Å². The second-order valence-corrected chi connectivity index (χ2v) is 6.68.